The molecule has 0 N–H and O–H groups in total. The molecule has 0 aliphatic carbocycles. The molecule has 0 spiro atoms. The monoisotopic (exact) mass is 566 g/mol. The van der Waals surface area contributed by atoms with Gasteiger partial charge in [0.05, 0.1) is 11.6 Å². The van der Waals surface area contributed by atoms with Crippen molar-refractivity contribution in [2.75, 3.05) is 0 Å². The molecule has 0 saturated carbocycles. The summed E-state index contributed by atoms with van der Waals surface area (Å²) in [6.45, 7) is 0. The van der Waals surface area contributed by atoms with E-state index in [2.05, 4.69) is 115 Å². The number of benzene rings is 7. The summed E-state index contributed by atoms with van der Waals surface area (Å²) in [6.07, 6.45) is 1.75. The molecule has 0 fully saturated rings. The molecule has 43 heavy (non-hydrogen) atoms. The van der Waals surface area contributed by atoms with Crippen LogP contribution in [0.2, 0.25) is 0 Å². The maximum Gasteiger partial charge on any atom is 0.145 e. The van der Waals surface area contributed by atoms with Gasteiger partial charge in [0.25, 0.3) is 0 Å². The van der Waals surface area contributed by atoms with Crippen LogP contribution in [0.1, 0.15) is 0 Å². The molecule has 200 valence electrons. The Morgan fingerprint density at radius 2 is 1.16 bits per heavy atom. The van der Waals surface area contributed by atoms with Gasteiger partial charge in [0.15, 0.2) is 0 Å². The Labute approximate surface area is 250 Å². The zero-order chi connectivity index (χ0) is 28.1. The first-order valence-electron chi connectivity index (χ1n) is 14.5. The van der Waals surface area contributed by atoms with Crippen molar-refractivity contribution in [3.8, 4) is 22.3 Å². The van der Waals surface area contributed by atoms with Crippen molar-refractivity contribution >= 4 is 86.0 Å². The first kappa shape index (κ1) is 23.2. The van der Waals surface area contributed by atoms with E-state index in [0.717, 1.165) is 38.5 Å². The molecule has 0 atom stereocenters. The van der Waals surface area contributed by atoms with Gasteiger partial charge in [0.1, 0.15) is 16.7 Å². The molecule has 3 heteroatoms. The van der Waals surface area contributed by atoms with Crippen molar-refractivity contribution in [2.24, 2.45) is 0 Å². The fourth-order valence-corrected chi connectivity index (χ4v) is 8.29. The molecule has 0 aliphatic rings. The molecule has 0 saturated heterocycles. The number of thiophene rings is 1. The molecule has 0 amide bonds. The average molecular weight is 567 g/mol. The van der Waals surface area contributed by atoms with Crippen LogP contribution in [0.15, 0.2) is 142 Å². The molecule has 0 aliphatic heterocycles. The highest BCUT2D eigenvalue weighted by Gasteiger charge is 2.20. The van der Waals surface area contributed by atoms with Gasteiger partial charge in [-0.1, -0.05) is 84.9 Å². The minimum atomic E-state index is 0.843. The van der Waals surface area contributed by atoms with Gasteiger partial charge in [-0.15, -0.1) is 11.3 Å². The van der Waals surface area contributed by atoms with E-state index in [1.165, 1.54) is 58.4 Å². The second kappa shape index (κ2) is 8.57. The van der Waals surface area contributed by atoms with Crippen LogP contribution < -0.4 is 0 Å². The third-order valence-corrected chi connectivity index (χ3v) is 10.1. The number of hydrogen-bond donors (Lipinski definition) is 0. The highest BCUT2D eigenvalue weighted by Crippen LogP contribution is 2.48. The Hall–Kier alpha value is -5.38. The first-order valence-corrected chi connectivity index (χ1v) is 15.3. The van der Waals surface area contributed by atoms with Crippen LogP contribution in [0.25, 0.3) is 96.9 Å². The summed E-state index contributed by atoms with van der Waals surface area (Å²) >= 11 is 1.87. The standard InChI is InChI=1S/C40H22O2S/c1-3-10-27-25(8-1)36(24-16-18-29-33(22-24)42-32-19-17-23-20-21-41-40(23)39(29)32)26-9-2-4-11-28(26)37(27)31-13-7-15-35-38(31)30-12-5-6-14-34(30)43-35/h1-22H. The van der Waals surface area contributed by atoms with E-state index in [0.29, 0.717) is 0 Å². The summed E-state index contributed by atoms with van der Waals surface area (Å²) in [5.41, 5.74) is 7.51. The molecule has 7 aromatic carbocycles. The Balaban J connectivity index is 1.32. The molecular weight excluding hydrogens is 545 g/mol. The predicted molar refractivity (Wildman–Crippen MR) is 182 cm³/mol. The summed E-state index contributed by atoms with van der Waals surface area (Å²) in [5.74, 6) is 0. The van der Waals surface area contributed by atoms with E-state index >= 15 is 0 Å². The number of furan rings is 2. The topological polar surface area (TPSA) is 26.3 Å². The minimum absolute atomic E-state index is 0.843. The maximum absolute atomic E-state index is 6.43. The first-order chi connectivity index (χ1) is 21.3. The zero-order valence-corrected chi connectivity index (χ0v) is 23.7. The molecular formula is C40H22O2S. The van der Waals surface area contributed by atoms with E-state index < -0.39 is 0 Å². The Morgan fingerprint density at radius 1 is 0.465 bits per heavy atom. The van der Waals surface area contributed by atoms with Gasteiger partial charge < -0.3 is 8.83 Å². The molecule has 10 aromatic rings. The summed E-state index contributed by atoms with van der Waals surface area (Å²) in [5, 5.41) is 10.8. The molecule has 0 bridgehead atoms. The normalized spacial score (nSPS) is 12.2. The van der Waals surface area contributed by atoms with Crippen molar-refractivity contribution in [1.29, 1.82) is 0 Å². The van der Waals surface area contributed by atoms with Crippen LogP contribution >= 0.6 is 11.3 Å². The minimum Gasteiger partial charge on any atom is -0.464 e. The maximum atomic E-state index is 6.43. The quantitative estimate of drug-likeness (QED) is 0.195. The van der Waals surface area contributed by atoms with Crippen molar-refractivity contribution < 1.29 is 8.83 Å². The molecule has 0 radical (unpaired) electrons. The molecule has 2 nitrogen and oxygen atoms in total. The van der Waals surface area contributed by atoms with Gasteiger partial charge in [-0.25, -0.2) is 0 Å². The Bertz CT molecular complexity index is 2680. The number of hydrogen-bond acceptors (Lipinski definition) is 3. The lowest BCUT2D eigenvalue weighted by Crippen LogP contribution is -1.91. The highest BCUT2D eigenvalue weighted by atomic mass is 32.1. The van der Waals surface area contributed by atoms with Crippen molar-refractivity contribution in [1.82, 2.24) is 0 Å². The summed E-state index contributed by atoms with van der Waals surface area (Å²) in [7, 11) is 0. The smallest absolute Gasteiger partial charge is 0.145 e. The largest absolute Gasteiger partial charge is 0.464 e. The number of fused-ring (bicyclic) bond motifs is 10. The lowest BCUT2D eigenvalue weighted by atomic mass is 9.85. The highest BCUT2D eigenvalue weighted by molar-refractivity contribution is 7.25. The van der Waals surface area contributed by atoms with Crippen LogP contribution in [0.3, 0.4) is 0 Å². The van der Waals surface area contributed by atoms with Crippen LogP contribution in [-0.4, -0.2) is 0 Å². The second-order valence-electron chi connectivity index (χ2n) is 11.2. The van der Waals surface area contributed by atoms with Gasteiger partial charge in [-0.3, -0.25) is 0 Å². The molecule has 10 rings (SSSR count). The van der Waals surface area contributed by atoms with Gasteiger partial charge in [-0.2, -0.15) is 0 Å². The lowest BCUT2D eigenvalue weighted by molar-refractivity contribution is 0.618. The van der Waals surface area contributed by atoms with Crippen LogP contribution in [0, 0.1) is 0 Å². The van der Waals surface area contributed by atoms with Crippen LogP contribution in [-0.2, 0) is 0 Å². The van der Waals surface area contributed by atoms with Crippen molar-refractivity contribution in [3.63, 3.8) is 0 Å². The van der Waals surface area contributed by atoms with Crippen molar-refractivity contribution in [2.45, 2.75) is 0 Å². The van der Waals surface area contributed by atoms with E-state index in [9.17, 15) is 0 Å². The van der Waals surface area contributed by atoms with Crippen LogP contribution in [0.5, 0.6) is 0 Å². The fraction of sp³-hybridized carbons (Fsp3) is 0. The lowest BCUT2D eigenvalue weighted by Gasteiger charge is -2.18. The summed E-state index contributed by atoms with van der Waals surface area (Å²) in [4.78, 5) is 0. The van der Waals surface area contributed by atoms with Gasteiger partial charge in [0, 0.05) is 30.9 Å². The van der Waals surface area contributed by atoms with E-state index in [1.807, 2.05) is 23.5 Å². The molecule has 3 aromatic heterocycles. The van der Waals surface area contributed by atoms with E-state index in [4.69, 9.17) is 8.83 Å². The summed E-state index contributed by atoms with van der Waals surface area (Å²) in [6, 6.07) is 46.0. The SMILES string of the molecule is c1ccc2c(c1)sc1cccc(-c3c4ccccc4c(-c4ccc5c(c4)oc4ccc6ccoc6c45)c4ccccc34)c12. The van der Waals surface area contributed by atoms with E-state index in [1.54, 1.807) is 6.26 Å². The third-order valence-electron chi connectivity index (χ3n) is 8.95. The van der Waals surface area contributed by atoms with Gasteiger partial charge in [0.2, 0.25) is 0 Å². The third kappa shape index (κ3) is 3.17. The summed E-state index contributed by atoms with van der Waals surface area (Å²) < 4.78 is 14.9. The second-order valence-corrected chi connectivity index (χ2v) is 12.3. The Kier molecular flexibility index (Phi) is 4.63. The Morgan fingerprint density at radius 3 is 1.95 bits per heavy atom. The number of rotatable bonds is 2. The average Bonchev–Trinajstić information content (AvgIpc) is 3.78. The molecule has 3 heterocycles. The van der Waals surface area contributed by atoms with E-state index in [-0.39, 0.29) is 0 Å². The molecule has 0 unspecified atom stereocenters. The van der Waals surface area contributed by atoms with Crippen molar-refractivity contribution in [3.05, 3.63) is 134 Å². The van der Waals surface area contributed by atoms with Crippen LogP contribution in [0.4, 0.5) is 0 Å². The fourth-order valence-electron chi connectivity index (χ4n) is 7.15. The van der Waals surface area contributed by atoms with Gasteiger partial charge >= 0.3 is 0 Å². The zero-order valence-electron chi connectivity index (χ0n) is 22.9. The predicted octanol–water partition coefficient (Wildman–Crippen LogP) is 12.3. The van der Waals surface area contributed by atoms with Gasteiger partial charge in [-0.05, 0) is 86.3 Å².